The molecule has 1 aliphatic heterocycles. The molecule has 0 spiro atoms. The average Bonchev–Trinajstić information content (AvgIpc) is 3.74. The molecule has 0 radical (unpaired) electrons. The van der Waals surface area contributed by atoms with Gasteiger partial charge in [-0.05, 0) is 68.4 Å². The quantitative estimate of drug-likeness (QED) is 0.269. The first-order valence-electron chi connectivity index (χ1n) is 12.6. The van der Waals surface area contributed by atoms with E-state index in [-0.39, 0.29) is 5.13 Å². The lowest BCUT2D eigenvalue weighted by molar-refractivity contribution is 0.237. The summed E-state index contributed by atoms with van der Waals surface area (Å²) in [4.78, 5) is 20.4. The summed E-state index contributed by atoms with van der Waals surface area (Å²) in [5.41, 5.74) is 6.31. The summed E-state index contributed by atoms with van der Waals surface area (Å²) >= 11 is 1.12. The van der Waals surface area contributed by atoms with Crippen LogP contribution in [0.3, 0.4) is 0 Å². The van der Waals surface area contributed by atoms with Gasteiger partial charge >= 0.3 is 0 Å². The summed E-state index contributed by atoms with van der Waals surface area (Å²) in [7, 11) is 0. The van der Waals surface area contributed by atoms with E-state index in [1.807, 2.05) is 30.3 Å². The third-order valence-corrected chi connectivity index (χ3v) is 7.82. The Kier molecular flexibility index (Phi) is 5.82. The van der Waals surface area contributed by atoms with Gasteiger partial charge in [-0.1, -0.05) is 0 Å². The molecular weight excluding hydrogens is 501 g/mol. The van der Waals surface area contributed by atoms with Crippen molar-refractivity contribution in [3.8, 4) is 38.8 Å². The topological polar surface area (TPSA) is 95.6 Å². The number of hydrogen-bond acceptors (Lipinski definition) is 7. The zero-order valence-electron chi connectivity index (χ0n) is 20.4. The van der Waals surface area contributed by atoms with Crippen LogP contribution in [0.2, 0.25) is 0 Å². The van der Waals surface area contributed by atoms with Gasteiger partial charge in [0.25, 0.3) is 0 Å². The summed E-state index contributed by atoms with van der Waals surface area (Å²) < 4.78 is 19.7. The van der Waals surface area contributed by atoms with Crippen LogP contribution in [-0.2, 0) is 0 Å². The number of nitrogens with zero attached hydrogens (tertiary/aromatic N) is 5. The largest absolute Gasteiger partial charge is 0.491 e. The smallest absolute Gasteiger partial charge is 0.176 e. The fraction of sp³-hybridized carbons (Fsp3) is 0.214. The Morgan fingerprint density at radius 1 is 1.05 bits per heavy atom. The Labute approximate surface area is 221 Å². The molecule has 0 aromatic carbocycles. The molecule has 38 heavy (non-hydrogen) atoms. The van der Waals surface area contributed by atoms with Crippen molar-refractivity contribution < 1.29 is 9.13 Å². The molecule has 1 saturated heterocycles. The fourth-order valence-corrected chi connectivity index (χ4v) is 5.78. The van der Waals surface area contributed by atoms with E-state index < -0.39 is 0 Å². The number of H-pyrrole nitrogens is 2. The van der Waals surface area contributed by atoms with Crippen molar-refractivity contribution in [2.24, 2.45) is 0 Å². The zero-order valence-corrected chi connectivity index (χ0v) is 21.3. The molecule has 7 rings (SSSR count). The molecule has 7 heterocycles. The summed E-state index contributed by atoms with van der Waals surface area (Å²) in [5.74, 6) is 0.732. The minimum absolute atomic E-state index is 0.216. The molecule has 0 unspecified atom stereocenters. The van der Waals surface area contributed by atoms with E-state index in [4.69, 9.17) is 9.72 Å². The Bertz CT molecular complexity index is 1750. The molecular formula is C28H24FN7OS. The Morgan fingerprint density at radius 2 is 1.97 bits per heavy atom. The van der Waals surface area contributed by atoms with Crippen LogP contribution in [0.4, 0.5) is 4.39 Å². The van der Waals surface area contributed by atoms with Crippen molar-refractivity contribution in [2.45, 2.75) is 12.8 Å². The van der Waals surface area contributed by atoms with Crippen LogP contribution in [0.5, 0.6) is 5.75 Å². The number of rotatable bonds is 7. The molecule has 8 nitrogen and oxygen atoms in total. The zero-order chi connectivity index (χ0) is 25.5. The molecule has 1 aliphatic rings. The van der Waals surface area contributed by atoms with Gasteiger partial charge < -0.3 is 9.72 Å². The molecule has 1 fully saturated rings. The second kappa shape index (κ2) is 9.62. The molecule has 2 N–H and O–H groups in total. The molecule has 6 aromatic heterocycles. The fourth-order valence-electron chi connectivity index (χ4n) is 5.01. The first kappa shape index (κ1) is 23.0. The van der Waals surface area contributed by atoms with Crippen LogP contribution in [0.1, 0.15) is 12.8 Å². The van der Waals surface area contributed by atoms with Crippen molar-refractivity contribution in [2.75, 3.05) is 26.2 Å². The highest BCUT2D eigenvalue weighted by Gasteiger charge is 2.17. The van der Waals surface area contributed by atoms with E-state index in [1.54, 1.807) is 24.7 Å². The van der Waals surface area contributed by atoms with Crippen LogP contribution in [-0.4, -0.2) is 61.3 Å². The molecule has 0 saturated carbocycles. The maximum atomic E-state index is 13.7. The number of thiophene rings is 1. The second-order valence-corrected chi connectivity index (χ2v) is 10.4. The summed E-state index contributed by atoms with van der Waals surface area (Å²) in [6, 6.07) is 13.1. The number of likely N-dealkylation sites (tertiary alicyclic amines) is 1. The first-order valence-corrected chi connectivity index (χ1v) is 13.4. The molecule has 0 amide bonds. The number of halogens is 1. The number of aromatic nitrogens is 6. The van der Waals surface area contributed by atoms with Crippen molar-refractivity contribution in [3.05, 3.63) is 66.2 Å². The van der Waals surface area contributed by atoms with Gasteiger partial charge in [0.15, 0.2) is 5.13 Å². The molecule has 0 atom stereocenters. The van der Waals surface area contributed by atoms with E-state index in [1.165, 1.54) is 18.9 Å². The minimum atomic E-state index is -0.216. The number of fused-ring (bicyclic) bond motifs is 2. The minimum Gasteiger partial charge on any atom is -0.491 e. The first-order chi connectivity index (χ1) is 18.7. The van der Waals surface area contributed by atoms with Crippen molar-refractivity contribution in [1.29, 1.82) is 0 Å². The van der Waals surface area contributed by atoms with Gasteiger partial charge in [0.1, 0.15) is 29.2 Å². The van der Waals surface area contributed by atoms with Gasteiger partial charge in [0.2, 0.25) is 0 Å². The molecule has 10 heteroatoms. The highest BCUT2D eigenvalue weighted by Crippen LogP contribution is 2.36. The van der Waals surface area contributed by atoms with Crippen LogP contribution >= 0.6 is 11.3 Å². The van der Waals surface area contributed by atoms with E-state index in [0.29, 0.717) is 17.9 Å². The SMILES string of the molecule is Fc1ccc(-c2ccnc3[nH]c(-c4n[nH]c5ccc(-c6cncc(OCCN7CCCC7)c6)nc45)cc23)s1. The Morgan fingerprint density at radius 3 is 2.84 bits per heavy atom. The van der Waals surface area contributed by atoms with Gasteiger partial charge in [0.05, 0.1) is 23.1 Å². The van der Waals surface area contributed by atoms with Crippen molar-refractivity contribution >= 4 is 33.4 Å². The highest BCUT2D eigenvalue weighted by molar-refractivity contribution is 7.14. The van der Waals surface area contributed by atoms with E-state index in [2.05, 4.69) is 30.0 Å². The van der Waals surface area contributed by atoms with Gasteiger partial charge in [-0.3, -0.25) is 15.0 Å². The lowest BCUT2D eigenvalue weighted by Gasteiger charge is -2.15. The van der Waals surface area contributed by atoms with Gasteiger partial charge in [-0.2, -0.15) is 9.49 Å². The van der Waals surface area contributed by atoms with Gasteiger partial charge in [-0.15, -0.1) is 11.3 Å². The number of nitrogens with one attached hydrogen (secondary N) is 2. The number of ether oxygens (including phenoxy) is 1. The third-order valence-electron chi connectivity index (χ3n) is 6.92. The average molecular weight is 526 g/mol. The Hall–Kier alpha value is -4.15. The van der Waals surface area contributed by atoms with Crippen molar-refractivity contribution in [1.82, 2.24) is 35.0 Å². The summed E-state index contributed by atoms with van der Waals surface area (Å²) in [6.07, 6.45) is 7.80. The summed E-state index contributed by atoms with van der Waals surface area (Å²) in [6.45, 7) is 3.87. The maximum absolute atomic E-state index is 13.7. The molecule has 6 aromatic rings. The van der Waals surface area contributed by atoms with E-state index in [9.17, 15) is 4.39 Å². The third kappa shape index (κ3) is 4.31. The maximum Gasteiger partial charge on any atom is 0.176 e. The van der Waals surface area contributed by atoms with Crippen LogP contribution in [0.25, 0.3) is 55.2 Å². The van der Waals surface area contributed by atoms with Crippen LogP contribution in [0, 0.1) is 5.13 Å². The lowest BCUT2D eigenvalue weighted by atomic mass is 10.1. The van der Waals surface area contributed by atoms with E-state index >= 15 is 0 Å². The monoisotopic (exact) mass is 525 g/mol. The molecule has 0 bridgehead atoms. The standard InChI is InChI=1S/C28H24FN7OS/c29-25-6-5-24(38-25)19-7-8-31-28-20(19)14-23(33-28)27-26-22(34-35-27)4-3-21(32-26)17-13-18(16-30-15-17)37-12-11-36-9-1-2-10-36/h3-8,13-16H,1-2,9-12H2,(H,31,33)(H,34,35). The summed E-state index contributed by atoms with van der Waals surface area (Å²) in [5, 5.41) is 8.31. The van der Waals surface area contributed by atoms with Gasteiger partial charge in [-0.25, -0.2) is 9.97 Å². The van der Waals surface area contributed by atoms with Gasteiger partial charge in [0, 0.05) is 40.3 Å². The van der Waals surface area contributed by atoms with Crippen LogP contribution in [0.15, 0.2) is 61.1 Å². The number of pyridine rings is 3. The predicted octanol–water partition coefficient (Wildman–Crippen LogP) is 5.91. The predicted molar refractivity (Wildman–Crippen MR) is 147 cm³/mol. The molecule has 0 aliphatic carbocycles. The lowest BCUT2D eigenvalue weighted by Crippen LogP contribution is -2.25. The normalized spacial score (nSPS) is 14.1. The van der Waals surface area contributed by atoms with Crippen molar-refractivity contribution in [3.63, 3.8) is 0 Å². The second-order valence-electron chi connectivity index (χ2n) is 9.38. The van der Waals surface area contributed by atoms with Crippen LogP contribution < -0.4 is 4.74 Å². The molecule has 190 valence electrons. The Balaban J connectivity index is 1.20. The highest BCUT2D eigenvalue weighted by atomic mass is 32.1. The number of aromatic amines is 2. The van der Waals surface area contributed by atoms with E-state index in [0.717, 1.165) is 80.5 Å². The number of hydrogen-bond donors (Lipinski definition) is 2.